The number of benzene rings is 2. The summed E-state index contributed by atoms with van der Waals surface area (Å²) < 4.78 is 6.08. The average Bonchev–Trinajstić information content (AvgIpc) is 3.57. The fourth-order valence-electron chi connectivity index (χ4n) is 7.95. The molecule has 2 aromatic carbocycles. The van der Waals surface area contributed by atoms with E-state index in [0.29, 0.717) is 56.5 Å². The van der Waals surface area contributed by atoms with Gasteiger partial charge >= 0.3 is 12.1 Å². The van der Waals surface area contributed by atoms with Gasteiger partial charge in [-0.25, -0.2) is 9.59 Å². The number of piperidine rings is 3. The number of hydrogen-bond acceptors (Lipinski definition) is 6. The lowest BCUT2D eigenvalue weighted by Crippen LogP contribution is -2.52. The van der Waals surface area contributed by atoms with Crippen LogP contribution in [0.4, 0.5) is 15.3 Å². The summed E-state index contributed by atoms with van der Waals surface area (Å²) in [7, 11) is 2.19. The van der Waals surface area contributed by atoms with Gasteiger partial charge in [0.15, 0.2) is 6.10 Å². The molecule has 1 aromatic heterocycles. The van der Waals surface area contributed by atoms with Crippen molar-refractivity contribution in [3.05, 3.63) is 58.7 Å². The molecule has 7 rings (SSSR count). The van der Waals surface area contributed by atoms with Crippen molar-refractivity contribution in [2.45, 2.75) is 63.6 Å². The molecular formula is C35H44ClN7O4. The maximum atomic E-state index is 14.1. The van der Waals surface area contributed by atoms with Gasteiger partial charge in [0.05, 0.1) is 16.7 Å². The van der Waals surface area contributed by atoms with Gasteiger partial charge in [-0.1, -0.05) is 29.8 Å². The molecule has 3 aromatic rings. The van der Waals surface area contributed by atoms with Gasteiger partial charge in [0, 0.05) is 56.3 Å². The van der Waals surface area contributed by atoms with E-state index in [1.807, 2.05) is 46.2 Å². The Bertz CT molecular complexity index is 1610. The molecule has 47 heavy (non-hydrogen) atoms. The van der Waals surface area contributed by atoms with Crippen LogP contribution in [0.1, 0.15) is 49.7 Å². The molecule has 0 saturated carbocycles. The summed E-state index contributed by atoms with van der Waals surface area (Å²) in [6.45, 7) is 5.08. The van der Waals surface area contributed by atoms with Crippen LogP contribution >= 0.6 is 11.6 Å². The molecule has 0 spiro atoms. The fourth-order valence-corrected chi connectivity index (χ4v) is 8.24. The molecule has 0 bridgehead atoms. The van der Waals surface area contributed by atoms with Crippen molar-refractivity contribution in [2.75, 3.05) is 51.6 Å². The molecule has 11 nitrogen and oxygen atoms in total. The van der Waals surface area contributed by atoms with E-state index in [1.54, 1.807) is 11.1 Å². The molecule has 250 valence electrons. The second kappa shape index (κ2) is 13.7. The Morgan fingerprint density at radius 2 is 1.64 bits per heavy atom. The van der Waals surface area contributed by atoms with Crippen molar-refractivity contribution >= 4 is 46.2 Å². The van der Waals surface area contributed by atoms with E-state index >= 15 is 0 Å². The van der Waals surface area contributed by atoms with Crippen LogP contribution < -0.4 is 5.32 Å². The summed E-state index contributed by atoms with van der Waals surface area (Å²) in [4.78, 5) is 48.4. The van der Waals surface area contributed by atoms with Gasteiger partial charge in [0.1, 0.15) is 0 Å². The Kier molecular flexibility index (Phi) is 9.27. The first-order chi connectivity index (χ1) is 22.8. The third-order valence-electron chi connectivity index (χ3n) is 10.8. The van der Waals surface area contributed by atoms with Crippen LogP contribution in [-0.4, -0.2) is 106 Å². The second-order valence-electron chi connectivity index (χ2n) is 13.7. The normalized spacial score (nSPS) is 21.1. The first-order valence-electron chi connectivity index (χ1n) is 17.0. The van der Waals surface area contributed by atoms with Crippen LogP contribution in [0.2, 0.25) is 5.02 Å². The predicted molar refractivity (Wildman–Crippen MR) is 180 cm³/mol. The highest BCUT2D eigenvalue weighted by molar-refractivity contribution is 6.35. The number of aromatic amines is 1. The van der Waals surface area contributed by atoms with Crippen LogP contribution in [0.25, 0.3) is 10.9 Å². The van der Waals surface area contributed by atoms with Crippen LogP contribution in [0.5, 0.6) is 0 Å². The summed E-state index contributed by atoms with van der Waals surface area (Å²) in [5.74, 6) is 1.20. The monoisotopic (exact) mass is 661 g/mol. The zero-order chi connectivity index (χ0) is 32.5. The van der Waals surface area contributed by atoms with E-state index in [4.69, 9.17) is 16.3 Å². The summed E-state index contributed by atoms with van der Waals surface area (Å²) in [5, 5.41) is 11.4. The molecule has 2 N–H and O–H groups in total. The molecule has 3 saturated heterocycles. The fraction of sp³-hybridized carbons (Fsp3) is 0.543. The largest absolute Gasteiger partial charge is 0.436 e. The highest BCUT2D eigenvalue weighted by atomic mass is 35.5. The molecule has 0 aliphatic carbocycles. The second-order valence-corrected chi connectivity index (χ2v) is 14.1. The first-order valence-corrected chi connectivity index (χ1v) is 17.4. The van der Waals surface area contributed by atoms with Crippen LogP contribution in [-0.2, 0) is 22.5 Å². The molecule has 3 fully saturated rings. The molecule has 12 heteroatoms. The first kappa shape index (κ1) is 31.8. The summed E-state index contributed by atoms with van der Waals surface area (Å²) in [5.41, 5.74) is 3.48. The highest BCUT2D eigenvalue weighted by Gasteiger charge is 2.37. The van der Waals surface area contributed by atoms with E-state index in [0.717, 1.165) is 59.6 Å². The summed E-state index contributed by atoms with van der Waals surface area (Å²) in [6.07, 6.45) is 6.15. The van der Waals surface area contributed by atoms with Crippen LogP contribution in [0, 0.1) is 11.8 Å². The molecule has 4 amide bonds. The number of hydrogen-bond donors (Lipinski definition) is 2. The zero-order valence-electron chi connectivity index (χ0n) is 27.0. The average molecular weight is 662 g/mol. The predicted octanol–water partition coefficient (Wildman–Crippen LogP) is 5.36. The Labute approximate surface area is 280 Å². The number of nitrogens with zero attached hydrogens (tertiary/aromatic N) is 5. The van der Waals surface area contributed by atoms with Gasteiger partial charge in [0.2, 0.25) is 0 Å². The van der Waals surface area contributed by atoms with Gasteiger partial charge in [0.25, 0.3) is 5.91 Å². The number of urea groups is 1. The number of H-pyrrole nitrogens is 1. The van der Waals surface area contributed by atoms with E-state index in [-0.39, 0.29) is 24.4 Å². The number of para-hydroxylation sites is 1. The molecule has 0 unspecified atom stereocenters. The van der Waals surface area contributed by atoms with E-state index < -0.39 is 12.2 Å². The Balaban J connectivity index is 1.00. The number of rotatable bonds is 6. The number of carbonyl (C=O) groups is 3. The number of fused-ring (bicyclic) bond motifs is 2. The number of amides is 4. The number of nitrogens with one attached hydrogen (secondary N) is 2. The van der Waals surface area contributed by atoms with E-state index in [9.17, 15) is 14.4 Å². The van der Waals surface area contributed by atoms with Crippen LogP contribution in [0.3, 0.4) is 0 Å². The van der Waals surface area contributed by atoms with E-state index in [1.165, 1.54) is 12.8 Å². The molecule has 0 radical (unpaired) electrons. The summed E-state index contributed by atoms with van der Waals surface area (Å²) >= 11 is 6.54. The number of anilines is 1. The summed E-state index contributed by atoms with van der Waals surface area (Å²) in [6, 6.07) is 11.5. The lowest BCUT2D eigenvalue weighted by Gasteiger charge is -2.41. The Hall–Kier alpha value is -3.83. The quantitative estimate of drug-likeness (QED) is 0.368. The van der Waals surface area contributed by atoms with Gasteiger partial charge in [-0.3, -0.25) is 9.89 Å². The molecule has 4 aliphatic heterocycles. The topological polar surface area (TPSA) is 114 Å². The number of likely N-dealkylation sites (tertiary alicyclic amines) is 3. The third-order valence-corrected chi connectivity index (χ3v) is 11.1. The van der Waals surface area contributed by atoms with Gasteiger partial charge < -0.3 is 29.7 Å². The number of carbonyl (C=O) groups excluding carboxylic acids is 3. The minimum atomic E-state index is -0.968. The lowest BCUT2D eigenvalue weighted by molar-refractivity contribution is -0.142. The van der Waals surface area contributed by atoms with Crippen molar-refractivity contribution in [3.63, 3.8) is 0 Å². The van der Waals surface area contributed by atoms with Gasteiger partial charge in [-0.15, -0.1) is 0 Å². The van der Waals surface area contributed by atoms with Crippen molar-refractivity contribution in [1.29, 1.82) is 0 Å². The third kappa shape index (κ3) is 6.92. The van der Waals surface area contributed by atoms with Gasteiger partial charge in [-0.2, -0.15) is 5.10 Å². The molecule has 1 atom stereocenters. The maximum absolute atomic E-state index is 14.1. The maximum Gasteiger partial charge on any atom is 0.410 e. The Morgan fingerprint density at radius 1 is 0.957 bits per heavy atom. The number of ether oxygens (including phenoxy) is 1. The smallest absolute Gasteiger partial charge is 0.410 e. The molecule has 5 heterocycles. The number of halogens is 1. The van der Waals surface area contributed by atoms with Crippen molar-refractivity contribution in [2.24, 2.45) is 11.8 Å². The minimum Gasteiger partial charge on any atom is -0.436 e. The van der Waals surface area contributed by atoms with Crippen molar-refractivity contribution in [1.82, 2.24) is 29.8 Å². The van der Waals surface area contributed by atoms with Crippen LogP contribution in [0.15, 0.2) is 42.6 Å². The standard InChI is InChI=1S/C35H44ClN7O4/c1-40-12-6-24(7-13-40)25-8-14-41(15-9-25)33(44)31(20-23-18-27-21-37-39-32(27)29(36)19-23)47-35(46)42-16-10-28(11-17-42)43-22-26-4-2-3-5-30(26)38-34(43)45/h2-5,18-19,21,24-25,28,31H,6-17,20,22H2,1H3,(H,37,39)(H,38,45)/t31-/m1/s1. The van der Waals surface area contributed by atoms with Crippen molar-refractivity contribution in [3.8, 4) is 0 Å². The van der Waals surface area contributed by atoms with E-state index in [2.05, 4.69) is 27.5 Å². The van der Waals surface area contributed by atoms with Crippen molar-refractivity contribution < 1.29 is 19.1 Å². The van der Waals surface area contributed by atoms with Gasteiger partial charge in [-0.05, 0) is 99.8 Å². The Morgan fingerprint density at radius 3 is 2.38 bits per heavy atom. The molecule has 4 aliphatic rings. The number of aromatic nitrogens is 2. The minimum absolute atomic E-state index is 0.0134. The zero-order valence-corrected chi connectivity index (χ0v) is 27.8. The SMILES string of the molecule is CN1CCC(C2CCN(C(=O)[C@@H](Cc3cc(Cl)c4[nH]ncc4c3)OC(=O)N3CCC(N4Cc5ccccc5NC4=O)CC3)CC2)CC1. The highest BCUT2D eigenvalue weighted by Crippen LogP contribution is 2.33. The lowest BCUT2D eigenvalue weighted by atomic mass is 9.79. The molecular weight excluding hydrogens is 618 g/mol.